The van der Waals surface area contributed by atoms with Crippen LogP contribution in [-0.4, -0.2) is 103 Å². The largest absolute Gasteiger partial charge is 0.301 e. The van der Waals surface area contributed by atoms with Crippen LogP contribution in [0.2, 0.25) is 0 Å². The van der Waals surface area contributed by atoms with Crippen molar-refractivity contribution in [3.63, 3.8) is 0 Å². The Bertz CT molecular complexity index is 541. The Kier molecular flexibility index (Phi) is 16.8. The molecule has 8 heteroatoms. The van der Waals surface area contributed by atoms with Crippen LogP contribution in [0.15, 0.2) is 0 Å². The van der Waals surface area contributed by atoms with Gasteiger partial charge in [-0.1, -0.05) is 0 Å². The lowest BCUT2D eigenvalue weighted by Gasteiger charge is -2.30. The molecule has 0 saturated heterocycles. The van der Waals surface area contributed by atoms with E-state index < -0.39 is 0 Å². The third-order valence-electron chi connectivity index (χ3n) is 5.37. The molecule has 0 unspecified atom stereocenters. The molecule has 0 saturated carbocycles. The molecule has 0 spiro atoms. The van der Waals surface area contributed by atoms with Crippen LogP contribution < -0.4 is 0 Å². The van der Waals surface area contributed by atoms with E-state index in [9.17, 15) is 24.0 Å². The van der Waals surface area contributed by atoms with Gasteiger partial charge in [-0.25, -0.2) is 0 Å². The zero-order chi connectivity index (χ0) is 24.5. The molecule has 0 atom stereocenters. The lowest BCUT2D eigenvalue weighted by molar-refractivity contribution is -0.119. The van der Waals surface area contributed by atoms with Gasteiger partial charge in [0.05, 0.1) is 0 Å². The molecule has 0 aliphatic carbocycles. The highest BCUT2D eigenvalue weighted by Crippen LogP contribution is 2.02. The topological polar surface area (TPSA) is 95.1 Å². The fourth-order valence-electron chi connectivity index (χ4n) is 3.15. The Hall–Kier alpha value is -1.77. The maximum absolute atomic E-state index is 11.5. The Labute approximate surface area is 193 Å². The monoisotopic (exact) mass is 453 g/mol. The molecule has 0 aromatic heterocycles. The lowest BCUT2D eigenvalue weighted by Crippen LogP contribution is -2.42. The summed E-state index contributed by atoms with van der Waals surface area (Å²) in [5, 5.41) is 0. The van der Waals surface area contributed by atoms with E-state index in [2.05, 4.69) is 14.7 Å². The Morgan fingerprint density at radius 2 is 0.500 bits per heavy atom. The van der Waals surface area contributed by atoms with Gasteiger partial charge in [-0.3, -0.25) is 24.0 Å². The third-order valence-corrected chi connectivity index (χ3v) is 5.37. The van der Waals surface area contributed by atoms with Gasteiger partial charge < -0.3 is 14.7 Å². The minimum atomic E-state index is 0.123. The van der Waals surface area contributed by atoms with Crippen LogP contribution in [0.25, 0.3) is 0 Å². The second-order valence-electron chi connectivity index (χ2n) is 8.78. The molecular weight excluding hydrogens is 410 g/mol. The minimum Gasteiger partial charge on any atom is -0.301 e. The smallest absolute Gasteiger partial charge is 0.131 e. The van der Waals surface area contributed by atoms with Crippen molar-refractivity contribution in [2.45, 2.75) is 66.7 Å². The van der Waals surface area contributed by atoms with Crippen molar-refractivity contribution in [3.8, 4) is 0 Å². The molecule has 8 nitrogen and oxygen atoms in total. The van der Waals surface area contributed by atoms with Crippen molar-refractivity contribution >= 4 is 28.9 Å². The number of hydrogen-bond acceptors (Lipinski definition) is 8. The summed E-state index contributed by atoms with van der Waals surface area (Å²) in [6.07, 6.45) is 2.27. The molecule has 0 fully saturated rings. The van der Waals surface area contributed by atoms with Crippen molar-refractivity contribution in [1.82, 2.24) is 14.7 Å². The summed E-state index contributed by atoms with van der Waals surface area (Å²) in [6.45, 7) is 13.8. The van der Waals surface area contributed by atoms with Gasteiger partial charge >= 0.3 is 0 Å². The average molecular weight is 454 g/mol. The molecule has 0 radical (unpaired) electrons. The van der Waals surface area contributed by atoms with Gasteiger partial charge in [0.2, 0.25) is 0 Å². The van der Waals surface area contributed by atoms with Crippen LogP contribution in [0.1, 0.15) is 66.7 Å². The number of nitrogens with zero attached hydrogens (tertiary/aromatic N) is 3. The number of carbonyl (C=O) groups is 5. The number of hydrogen-bond donors (Lipinski definition) is 0. The van der Waals surface area contributed by atoms with Crippen molar-refractivity contribution < 1.29 is 24.0 Å². The van der Waals surface area contributed by atoms with Crippen molar-refractivity contribution in [1.29, 1.82) is 0 Å². The minimum absolute atomic E-state index is 0.123. The summed E-state index contributed by atoms with van der Waals surface area (Å²) in [6, 6.07) is 0. The maximum Gasteiger partial charge on any atom is 0.131 e. The van der Waals surface area contributed by atoms with Gasteiger partial charge in [-0.05, 0) is 34.6 Å². The molecule has 0 aliphatic rings. The zero-order valence-electron chi connectivity index (χ0n) is 20.8. The molecule has 0 heterocycles. The van der Waals surface area contributed by atoms with Crippen molar-refractivity contribution in [3.05, 3.63) is 0 Å². The van der Waals surface area contributed by atoms with Gasteiger partial charge in [-0.15, -0.1) is 0 Å². The molecule has 0 bridgehead atoms. The SMILES string of the molecule is CC(=O)CCN(CCC(C)=O)CCN(CCC(C)=O)CCN(CCC(C)=O)CCC(C)=O. The van der Waals surface area contributed by atoms with Gasteiger partial charge in [0.1, 0.15) is 28.9 Å². The molecule has 32 heavy (non-hydrogen) atoms. The predicted molar refractivity (Wildman–Crippen MR) is 126 cm³/mol. The van der Waals surface area contributed by atoms with Crippen LogP contribution >= 0.6 is 0 Å². The first kappa shape index (κ1) is 30.2. The summed E-state index contributed by atoms with van der Waals surface area (Å²) in [5.74, 6) is 0.622. The van der Waals surface area contributed by atoms with Gasteiger partial charge in [0.15, 0.2) is 0 Å². The number of ketones is 5. The van der Waals surface area contributed by atoms with E-state index in [4.69, 9.17) is 0 Å². The molecule has 0 aliphatic heterocycles. The molecule has 0 N–H and O–H groups in total. The first-order chi connectivity index (χ1) is 15.0. The lowest BCUT2D eigenvalue weighted by atomic mass is 10.2. The second kappa shape index (κ2) is 17.7. The van der Waals surface area contributed by atoms with Crippen LogP contribution in [0.5, 0.6) is 0 Å². The first-order valence-corrected chi connectivity index (χ1v) is 11.6. The summed E-state index contributed by atoms with van der Waals surface area (Å²) in [4.78, 5) is 63.6. The third kappa shape index (κ3) is 19.0. The van der Waals surface area contributed by atoms with E-state index >= 15 is 0 Å². The van der Waals surface area contributed by atoms with Crippen molar-refractivity contribution in [2.24, 2.45) is 0 Å². The van der Waals surface area contributed by atoms with E-state index in [1.807, 2.05) is 0 Å². The number of Topliss-reactive ketones (excluding diaryl/α,β-unsaturated/α-hetero) is 5. The molecule has 0 rings (SSSR count). The maximum atomic E-state index is 11.5. The quantitative estimate of drug-likeness (QED) is 0.260. The van der Waals surface area contributed by atoms with E-state index in [0.717, 1.165) is 13.1 Å². The Morgan fingerprint density at radius 1 is 0.344 bits per heavy atom. The summed E-state index contributed by atoms with van der Waals surface area (Å²) < 4.78 is 0. The molecular formula is C24H43N3O5. The van der Waals surface area contributed by atoms with E-state index in [1.54, 1.807) is 34.6 Å². The first-order valence-electron chi connectivity index (χ1n) is 11.6. The highest BCUT2D eigenvalue weighted by molar-refractivity contribution is 5.77. The van der Waals surface area contributed by atoms with Gasteiger partial charge in [-0.2, -0.15) is 0 Å². The summed E-state index contributed by atoms with van der Waals surface area (Å²) in [7, 11) is 0. The molecule has 0 aromatic carbocycles. The Balaban J connectivity index is 4.97. The summed E-state index contributed by atoms with van der Waals surface area (Å²) in [5.41, 5.74) is 0. The Morgan fingerprint density at radius 3 is 0.656 bits per heavy atom. The number of carbonyl (C=O) groups excluding carboxylic acids is 5. The van der Waals surface area contributed by atoms with Crippen LogP contribution in [0.3, 0.4) is 0 Å². The van der Waals surface area contributed by atoms with E-state index in [-0.39, 0.29) is 28.9 Å². The highest BCUT2D eigenvalue weighted by Gasteiger charge is 2.14. The van der Waals surface area contributed by atoms with Crippen LogP contribution in [0, 0.1) is 0 Å². The van der Waals surface area contributed by atoms with E-state index in [0.29, 0.717) is 77.9 Å². The number of rotatable bonds is 21. The standard InChI is InChI=1S/C24H43N3O5/c1-20(28)6-11-25(12-7-21(2)29)16-18-27(15-10-24(5)32)19-17-26(13-8-22(3)30)14-9-23(4)31/h6-19H2,1-5H3. The van der Waals surface area contributed by atoms with Gasteiger partial charge in [0, 0.05) is 91.0 Å². The zero-order valence-corrected chi connectivity index (χ0v) is 20.8. The van der Waals surface area contributed by atoms with Crippen LogP contribution in [0.4, 0.5) is 0 Å². The fourth-order valence-corrected chi connectivity index (χ4v) is 3.15. The average Bonchev–Trinajstić information content (AvgIpc) is 2.68. The second-order valence-corrected chi connectivity index (χ2v) is 8.78. The van der Waals surface area contributed by atoms with Gasteiger partial charge in [0.25, 0.3) is 0 Å². The fraction of sp³-hybridized carbons (Fsp3) is 0.792. The summed E-state index contributed by atoms with van der Waals surface area (Å²) >= 11 is 0. The normalized spacial score (nSPS) is 11.4. The molecule has 184 valence electrons. The predicted octanol–water partition coefficient (Wildman–Crippen LogP) is 1.79. The highest BCUT2D eigenvalue weighted by atomic mass is 16.1. The van der Waals surface area contributed by atoms with E-state index in [1.165, 1.54) is 0 Å². The van der Waals surface area contributed by atoms with Crippen molar-refractivity contribution in [2.75, 3.05) is 58.9 Å². The molecule has 0 amide bonds. The molecule has 0 aromatic rings. The van der Waals surface area contributed by atoms with Crippen LogP contribution in [-0.2, 0) is 24.0 Å².